The number of nitrogens with zero attached hydrogens (tertiary/aromatic N) is 5. The number of nitrogens with one attached hydrogen (secondary N) is 1. The van der Waals surface area contributed by atoms with Crippen LogP contribution in [0.4, 0.5) is 0 Å². The summed E-state index contributed by atoms with van der Waals surface area (Å²) in [4.78, 5) is 4.12. The predicted molar refractivity (Wildman–Crippen MR) is 86.3 cm³/mol. The molecule has 0 aromatic carbocycles. The molecule has 0 saturated heterocycles. The molecular formula is C14H24N6O2S. The summed E-state index contributed by atoms with van der Waals surface area (Å²) in [7, 11) is -3.63. The number of hydrogen-bond acceptors (Lipinski definition) is 5. The van der Waals surface area contributed by atoms with Crippen molar-refractivity contribution in [3.8, 4) is 0 Å². The molecule has 2 aromatic heterocycles. The van der Waals surface area contributed by atoms with E-state index >= 15 is 0 Å². The highest BCUT2D eigenvalue weighted by molar-refractivity contribution is 7.89. The molecule has 0 saturated carbocycles. The van der Waals surface area contributed by atoms with E-state index in [2.05, 4.69) is 33.8 Å². The largest absolute Gasteiger partial charge is 0.268 e. The monoisotopic (exact) mass is 340 g/mol. The highest BCUT2D eigenvalue weighted by Gasteiger charge is 2.26. The van der Waals surface area contributed by atoms with Crippen molar-refractivity contribution in [3.63, 3.8) is 0 Å². The first-order valence-electron chi connectivity index (χ1n) is 7.59. The van der Waals surface area contributed by atoms with E-state index in [0.29, 0.717) is 30.4 Å². The van der Waals surface area contributed by atoms with Crippen LogP contribution in [0, 0.1) is 19.8 Å². The molecule has 0 fully saturated rings. The highest BCUT2D eigenvalue weighted by Crippen LogP contribution is 2.20. The fourth-order valence-electron chi connectivity index (χ4n) is 2.56. The molecule has 8 nitrogen and oxygen atoms in total. The van der Waals surface area contributed by atoms with Crippen molar-refractivity contribution < 1.29 is 8.42 Å². The van der Waals surface area contributed by atoms with Gasteiger partial charge in [-0.3, -0.25) is 9.36 Å². The molecule has 0 radical (unpaired) electrons. The Labute approximate surface area is 137 Å². The third kappa shape index (κ3) is 4.17. The smallest absolute Gasteiger partial charge is 0.244 e. The summed E-state index contributed by atoms with van der Waals surface area (Å²) in [6.45, 7) is 10.6. The third-order valence-corrected chi connectivity index (χ3v) is 5.25. The molecular weight excluding hydrogens is 316 g/mol. The molecule has 0 amide bonds. The lowest BCUT2D eigenvalue weighted by molar-refractivity contribution is 0.471. The molecule has 0 spiro atoms. The Morgan fingerprint density at radius 3 is 2.48 bits per heavy atom. The van der Waals surface area contributed by atoms with Crippen molar-refractivity contribution in [1.82, 2.24) is 29.3 Å². The minimum absolute atomic E-state index is 0.267. The van der Waals surface area contributed by atoms with Gasteiger partial charge in [0, 0.05) is 12.6 Å². The molecule has 1 N–H and O–H groups in total. The Morgan fingerprint density at radius 1 is 1.22 bits per heavy atom. The van der Waals surface area contributed by atoms with Gasteiger partial charge in [-0.1, -0.05) is 13.8 Å². The van der Waals surface area contributed by atoms with Crippen LogP contribution in [0.5, 0.6) is 0 Å². The van der Waals surface area contributed by atoms with Gasteiger partial charge in [0.1, 0.15) is 17.6 Å². The van der Waals surface area contributed by atoms with E-state index in [1.165, 1.54) is 6.33 Å². The minimum atomic E-state index is -3.63. The number of rotatable bonds is 7. The molecule has 1 atom stereocenters. The number of hydrogen-bond donors (Lipinski definition) is 1. The Bertz CT molecular complexity index is 749. The fourth-order valence-corrected chi connectivity index (χ4v) is 4.21. The van der Waals surface area contributed by atoms with Crippen molar-refractivity contribution in [2.45, 2.75) is 58.6 Å². The lowest BCUT2D eigenvalue weighted by Gasteiger charge is -2.14. The maximum atomic E-state index is 12.7. The molecule has 128 valence electrons. The first kappa shape index (κ1) is 17.6. The Morgan fingerprint density at radius 2 is 1.91 bits per heavy atom. The first-order valence-corrected chi connectivity index (χ1v) is 9.07. The molecule has 9 heteroatoms. The summed E-state index contributed by atoms with van der Waals surface area (Å²) in [5, 5.41) is 8.35. The summed E-state index contributed by atoms with van der Waals surface area (Å²) in [6, 6.07) is -0.311. The first-order chi connectivity index (χ1) is 10.7. The Hall–Kier alpha value is -1.74. The maximum absolute atomic E-state index is 12.7. The van der Waals surface area contributed by atoms with Gasteiger partial charge >= 0.3 is 0 Å². The van der Waals surface area contributed by atoms with Crippen LogP contribution >= 0.6 is 0 Å². The zero-order valence-corrected chi connectivity index (χ0v) is 15.0. The van der Waals surface area contributed by atoms with Gasteiger partial charge in [0.15, 0.2) is 0 Å². The molecule has 0 aliphatic carbocycles. The normalized spacial score (nSPS) is 13.7. The van der Waals surface area contributed by atoms with Gasteiger partial charge in [0.25, 0.3) is 0 Å². The molecule has 0 unspecified atom stereocenters. The summed E-state index contributed by atoms with van der Waals surface area (Å²) in [5.41, 5.74) is 1.18. The maximum Gasteiger partial charge on any atom is 0.244 e. The molecule has 0 aliphatic rings. The van der Waals surface area contributed by atoms with E-state index in [-0.39, 0.29) is 10.9 Å². The summed E-state index contributed by atoms with van der Waals surface area (Å²) in [5.74, 6) is 0.391. The molecule has 0 bridgehead atoms. The molecule has 2 rings (SSSR count). The van der Waals surface area contributed by atoms with Gasteiger partial charge in [-0.15, -0.1) is 0 Å². The topological polar surface area (TPSA) is 94.7 Å². The number of aromatic nitrogens is 5. The van der Waals surface area contributed by atoms with Crippen LogP contribution in [0.15, 0.2) is 17.6 Å². The van der Waals surface area contributed by atoms with Crippen LogP contribution in [0.1, 0.15) is 32.2 Å². The van der Waals surface area contributed by atoms with Gasteiger partial charge in [-0.2, -0.15) is 10.2 Å². The minimum Gasteiger partial charge on any atom is -0.268 e. The van der Waals surface area contributed by atoms with Crippen molar-refractivity contribution in [3.05, 3.63) is 24.0 Å². The van der Waals surface area contributed by atoms with E-state index in [1.54, 1.807) is 36.5 Å². The molecule has 2 heterocycles. The van der Waals surface area contributed by atoms with E-state index < -0.39 is 10.0 Å². The number of sulfonamides is 1. The SMILES string of the molecule is Cc1nn(CC(C)C)c(C)c1S(=O)(=O)N[C@@H](C)Cn1cncn1. The Kier molecular flexibility index (Phi) is 5.20. The van der Waals surface area contributed by atoms with Crippen LogP contribution in [-0.2, 0) is 23.1 Å². The predicted octanol–water partition coefficient (Wildman–Crippen LogP) is 1.11. The van der Waals surface area contributed by atoms with Gasteiger partial charge in [0.05, 0.1) is 17.9 Å². The van der Waals surface area contributed by atoms with E-state index in [9.17, 15) is 8.42 Å². The fraction of sp³-hybridized carbons (Fsp3) is 0.643. The molecule has 0 aliphatic heterocycles. The average Bonchev–Trinajstić information content (AvgIpc) is 2.97. The van der Waals surface area contributed by atoms with Crippen LogP contribution in [0.25, 0.3) is 0 Å². The van der Waals surface area contributed by atoms with Crippen molar-refractivity contribution in [2.75, 3.05) is 0 Å². The van der Waals surface area contributed by atoms with Crippen LogP contribution < -0.4 is 4.72 Å². The summed E-state index contributed by atoms with van der Waals surface area (Å²) >= 11 is 0. The van der Waals surface area contributed by atoms with Gasteiger partial charge in [-0.05, 0) is 26.7 Å². The molecule has 2 aromatic rings. The summed E-state index contributed by atoms with van der Waals surface area (Å²) in [6.07, 6.45) is 2.98. The second-order valence-corrected chi connectivity index (χ2v) is 7.87. The van der Waals surface area contributed by atoms with Gasteiger partial charge in [-0.25, -0.2) is 18.1 Å². The standard InChI is InChI=1S/C14H24N6O2S/c1-10(2)6-20-13(5)14(12(4)17-20)23(21,22)18-11(3)7-19-9-15-8-16-19/h8-11,18H,6-7H2,1-5H3/t11-/m0/s1. The van der Waals surface area contributed by atoms with E-state index in [0.717, 1.165) is 0 Å². The number of aryl methyl sites for hydroxylation is 1. The zero-order valence-electron chi connectivity index (χ0n) is 14.2. The lowest BCUT2D eigenvalue weighted by Crippen LogP contribution is -2.36. The second kappa shape index (κ2) is 6.79. The highest BCUT2D eigenvalue weighted by atomic mass is 32.2. The second-order valence-electron chi connectivity index (χ2n) is 6.22. The van der Waals surface area contributed by atoms with E-state index in [1.807, 2.05) is 0 Å². The zero-order chi connectivity index (χ0) is 17.2. The van der Waals surface area contributed by atoms with Crippen molar-refractivity contribution in [2.24, 2.45) is 5.92 Å². The van der Waals surface area contributed by atoms with Gasteiger partial charge in [0.2, 0.25) is 10.0 Å². The Balaban J connectivity index is 2.20. The average molecular weight is 340 g/mol. The van der Waals surface area contributed by atoms with Crippen molar-refractivity contribution in [1.29, 1.82) is 0 Å². The third-order valence-electron chi connectivity index (χ3n) is 3.41. The van der Waals surface area contributed by atoms with Gasteiger partial charge < -0.3 is 0 Å². The van der Waals surface area contributed by atoms with Crippen LogP contribution in [0.2, 0.25) is 0 Å². The molecule has 23 heavy (non-hydrogen) atoms. The quantitative estimate of drug-likeness (QED) is 0.815. The summed E-state index contributed by atoms with van der Waals surface area (Å²) < 4.78 is 31.4. The lowest BCUT2D eigenvalue weighted by atomic mass is 10.2. The van der Waals surface area contributed by atoms with Crippen molar-refractivity contribution >= 4 is 10.0 Å². The van der Waals surface area contributed by atoms with Crippen LogP contribution in [-0.4, -0.2) is 39.0 Å². The van der Waals surface area contributed by atoms with E-state index in [4.69, 9.17) is 0 Å². The van der Waals surface area contributed by atoms with Crippen LogP contribution in [0.3, 0.4) is 0 Å².